The van der Waals surface area contributed by atoms with E-state index in [9.17, 15) is 14.4 Å². The molecule has 2 rings (SSSR count). The summed E-state index contributed by atoms with van der Waals surface area (Å²) < 4.78 is 9.66. The van der Waals surface area contributed by atoms with Crippen molar-refractivity contribution in [3.63, 3.8) is 0 Å². The number of benzene rings is 1. The summed E-state index contributed by atoms with van der Waals surface area (Å²) in [6.45, 7) is 0.943. The van der Waals surface area contributed by atoms with Gasteiger partial charge in [0.1, 0.15) is 6.04 Å². The maximum atomic E-state index is 12.1. The van der Waals surface area contributed by atoms with E-state index in [0.717, 1.165) is 18.2 Å². The lowest BCUT2D eigenvalue weighted by Crippen LogP contribution is -2.42. The Morgan fingerprint density at radius 2 is 2.05 bits per heavy atom. The molecule has 1 aliphatic heterocycles. The van der Waals surface area contributed by atoms with Gasteiger partial charge in [-0.1, -0.05) is 6.07 Å². The molecule has 0 radical (unpaired) electrons. The highest BCUT2D eigenvalue weighted by atomic mass is 16.5. The summed E-state index contributed by atoms with van der Waals surface area (Å²) in [6, 6.07) is 3.71. The quantitative estimate of drug-likeness (QED) is 0.765. The number of carbonyl (C=O) groups excluding carboxylic acids is 2. The number of ether oxygens (including phenoxy) is 2. The Balaban J connectivity index is 2.08. The van der Waals surface area contributed by atoms with E-state index in [0.29, 0.717) is 18.8 Å². The van der Waals surface area contributed by atoms with Crippen LogP contribution in [-0.4, -0.2) is 36.1 Å². The molecular weight excluding hydrogens is 278 g/mol. The third-order valence-electron chi connectivity index (χ3n) is 3.19. The zero-order chi connectivity index (χ0) is 15.4. The molecule has 0 spiro atoms. The molecule has 112 valence electrons. The lowest BCUT2D eigenvalue weighted by atomic mass is 10.1. The minimum atomic E-state index is -1.32. The van der Waals surface area contributed by atoms with E-state index in [4.69, 9.17) is 9.84 Å². The highest BCUT2D eigenvalue weighted by molar-refractivity contribution is 5.97. The molecule has 1 aliphatic rings. The zero-order valence-electron chi connectivity index (χ0n) is 11.4. The van der Waals surface area contributed by atoms with Gasteiger partial charge in [-0.05, 0) is 23.3 Å². The first kappa shape index (κ1) is 15.0. The van der Waals surface area contributed by atoms with Crippen LogP contribution in [0.25, 0.3) is 0 Å². The first-order chi connectivity index (χ1) is 10.0. The smallest absolute Gasteiger partial charge is 0.326 e. The van der Waals surface area contributed by atoms with Crippen molar-refractivity contribution in [3.8, 4) is 0 Å². The van der Waals surface area contributed by atoms with E-state index in [2.05, 4.69) is 10.1 Å². The standard InChI is InChI=1S/C14H15NO6/c1-20-12(16)5-11(14(18)19)15-13(17)8-2-3-9-6-21-7-10(9)4-8/h2-4,11H,5-7H2,1H3,(H,15,17)(H,18,19)/t11-/m0/s1. The molecule has 0 saturated carbocycles. The van der Waals surface area contributed by atoms with Gasteiger partial charge in [0.05, 0.1) is 26.7 Å². The van der Waals surface area contributed by atoms with Crippen LogP contribution in [0.1, 0.15) is 27.9 Å². The van der Waals surface area contributed by atoms with Gasteiger partial charge in [0.25, 0.3) is 5.91 Å². The Bertz CT molecular complexity index is 583. The van der Waals surface area contributed by atoms with E-state index >= 15 is 0 Å². The van der Waals surface area contributed by atoms with Crippen LogP contribution in [0.4, 0.5) is 0 Å². The van der Waals surface area contributed by atoms with Crippen LogP contribution >= 0.6 is 0 Å². The van der Waals surface area contributed by atoms with Gasteiger partial charge in [0, 0.05) is 5.56 Å². The summed E-state index contributed by atoms with van der Waals surface area (Å²) >= 11 is 0. The normalized spacial score (nSPS) is 14.1. The molecule has 7 heteroatoms. The van der Waals surface area contributed by atoms with Gasteiger partial charge in [-0.2, -0.15) is 0 Å². The number of hydrogen-bond donors (Lipinski definition) is 2. The zero-order valence-corrected chi connectivity index (χ0v) is 11.4. The number of rotatable bonds is 5. The number of amides is 1. The molecule has 0 saturated heterocycles. The summed E-state index contributed by atoms with van der Waals surface area (Å²) in [5, 5.41) is 11.3. The van der Waals surface area contributed by atoms with Crippen molar-refractivity contribution in [2.45, 2.75) is 25.7 Å². The Morgan fingerprint density at radius 3 is 2.71 bits per heavy atom. The molecular formula is C14H15NO6. The second kappa shape index (κ2) is 6.36. The van der Waals surface area contributed by atoms with E-state index in [-0.39, 0.29) is 0 Å². The first-order valence-electron chi connectivity index (χ1n) is 6.31. The maximum Gasteiger partial charge on any atom is 0.326 e. The summed E-state index contributed by atoms with van der Waals surface area (Å²) in [7, 11) is 1.16. The van der Waals surface area contributed by atoms with Crippen molar-refractivity contribution in [3.05, 3.63) is 34.9 Å². The molecule has 1 aromatic carbocycles. The van der Waals surface area contributed by atoms with Gasteiger partial charge in [-0.15, -0.1) is 0 Å². The molecule has 0 aromatic heterocycles. The molecule has 0 unspecified atom stereocenters. The fourth-order valence-electron chi connectivity index (χ4n) is 2.00. The second-order valence-electron chi connectivity index (χ2n) is 4.62. The Hall–Kier alpha value is -2.41. The summed E-state index contributed by atoms with van der Waals surface area (Å²) in [4.78, 5) is 34.3. The maximum absolute atomic E-state index is 12.1. The van der Waals surface area contributed by atoms with Gasteiger partial charge >= 0.3 is 11.9 Å². The van der Waals surface area contributed by atoms with Crippen molar-refractivity contribution < 1.29 is 29.0 Å². The lowest BCUT2D eigenvalue weighted by Gasteiger charge is -2.13. The lowest BCUT2D eigenvalue weighted by molar-refractivity contribution is -0.147. The minimum absolute atomic E-state index is 0.329. The molecule has 2 N–H and O–H groups in total. The topological polar surface area (TPSA) is 102 Å². The molecule has 1 atom stereocenters. The molecule has 7 nitrogen and oxygen atoms in total. The van der Waals surface area contributed by atoms with Gasteiger partial charge in [0.15, 0.2) is 0 Å². The molecule has 0 bridgehead atoms. The van der Waals surface area contributed by atoms with E-state index < -0.39 is 30.3 Å². The number of aliphatic carboxylic acids is 1. The van der Waals surface area contributed by atoms with E-state index in [1.54, 1.807) is 18.2 Å². The van der Waals surface area contributed by atoms with Crippen LogP contribution in [0.5, 0.6) is 0 Å². The van der Waals surface area contributed by atoms with Gasteiger partial charge in [-0.3, -0.25) is 9.59 Å². The predicted octanol–water partition coefficient (Wildman–Crippen LogP) is 0.463. The Kier molecular flexibility index (Phi) is 4.54. The third-order valence-corrected chi connectivity index (χ3v) is 3.19. The predicted molar refractivity (Wildman–Crippen MR) is 70.5 cm³/mol. The summed E-state index contributed by atoms with van der Waals surface area (Å²) in [6.07, 6.45) is -0.425. The fourth-order valence-corrected chi connectivity index (χ4v) is 2.00. The number of nitrogens with one attached hydrogen (secondary N) is 1. The van der Waals surface area contributed by atoms with Crippen LogP contribution in [0.15, 0.2) is 18.2 Å². The minimum Gasteiger partial charge on any atom is -0.480 e. The van der Waals surface area contributed by atoms with Gasteiger partial charge < -0.3 is 19.9 Å². The molecule has 1 amide bonds. The van der Waals surface area contributed by atoms with Gasteiger partial charge in [0.2, 0.25) is 0 Å². The number of hydrogen-bond acceptors (Lipinski definition) is 5. The van der Waals surface area contributed by atoms with Crippen LogP contribution in [0, 0.1) is 0 Å². The average Bonchev–Trinajstić information content (AvgIpc) is 2.93. The van der Waals surface area contributed by atoms with Crippen LogP contribution in [0.3, 0.4) is 0 Å². The number of carboxylic acids is 1. The SMILES string of the molecule is COC(=O)C[C@H](NC(=O)c1ccc2c(c1)COC2)C(=O)O. The molecule has 1 heterocycles. The van der Waals surface area contributed by atoms with E-state index in [1.165, 1.54) is 0 Å². The van der Waals surface area contributed by atoms with Crippen LogP contribution in [0.2, 0.25) is 0 Å². The molecule has 0 fully saturated rings. The number of methoxy groups -OCH3 is 1. The van der Waals surface area contributed by atoms with E-state index in [1.807, 2.05) is 0 Å². The Morgan fingerprint density at radius 1 is 1.33 bits per heavy atom. The molecule has 1 aromatic rings. The van der Waals surface area contributed by atoms with Crippen molar-refractivity contribution in [2.75, 3.05) is 7.11 Å². The second-order valence-corrected chi connectivity index (χ2v) is 4.62. The van der Waals surface area contributed by atoms with Crippen molar-refractivity contribution in [1.82, 2.24) is 5.32 Å². The van der Waals surface area contributed by atoms with Crippen molar-refractivity contribution >= 4 is 17.8 Å². The molecule has 21 heavy (non-hydrogen) atoms. The number of fused-ring (bicyclic) bond motifs is 1. The fraction of sp³-hybridized carbons (Fsp3) is 0.357. The number of esters is 1. The molecule has 0 aliphatic carbocycles. The monoisotopic (exact) mass is 293 g/mol. The average molecular weight is 293 g/mol. The first-order valence-corrected chi connectivity index (χ1v) is 6.31. The van der Waals surface area contributed by atoms with Crippen LogP contribution < -0.4 is 5.32 Å². The van der Waals surface area contributed by atoms with Crippen molar-refractivity contribution in [2.24, 2.45) is 0 Å². The van der Waals surface area contributed by atoms with Gasteiger partial charge in [-0.25, -0.2) is 4.79 Å². The highest BCUT2D eigenvalue weighted by Gasteiger charge is 2.24. The van der Waals surface area contributed by atoms with Crippen molar-refractivity contribution in [1.29, 1.82) is 0 Å². The number of carboxylic acid groups (broad SMARTS) is 1. The third kappa shape index (κ3) is 3.57. The highest BCUT2D eigenvalue weighted by Crippen LogP contribution is 2.20. The van der Waals surface area contributed by atoms with Crippen LogP contribution in [-0.2, 0) is 32.3 Å². The summed E-state index contributed by atoms with van der Waals surface area (Å²) in [5.41, 5.74) is 2.24. The summed E-state index contributed by atoms with van der Waals surface area (Å²) in [5.74, 6) is -2.55. The largest absolute Gasteiger partial charge is 0.480 e. The number of carbonyl (C=O) groups is 3. The Labute approximate surface area is 120 Å².